The summed E-state index contributed by atoms with van der Waals surface area (Å²) in [5, 5.41) is 1.18. The molecular formula is C14H17Cl2O2. The molecule has 1 saturated heterocycles. The van der Waals surface area contributed by atoms with Gasteiger partial charge >= 0.3 is 0 Å². The first-order valence-electron chi connectivity index (χ1n) is 6.15. The van der Waals surface area contributed by atoms with Gasteiger partial charge in [0.1, 0.15) is 6.10 Å². The van der Waals surface area contributed by atoms with Crippen LogP contribution in [0.3, 0.4) is 0 Å². The van der Waals surface area contributed by atoms with Crippen molar-refractivity contribution in [1.82, 2.24) is 0 Å². The molecule has 0 N–H and O–H groups in total. The highest BCUT2D eigenvalue weighted by Gasteiger charge is 2.45. The molecule has 99 valence electrons. The Morgan fingerprint density at radius 2 is 1.72 bits per heavy atom. The fraction of sp³-hybridized carbons (Fsp3) is 0.500. The van der Waals surface area contributed by atoms with Gasteiger partial charge in [-0.2, -0.15) is 0 Å². The second-order valence-corrected chi connectivity index (χ2v) is 5.26. The SMILES string of the molecule is [CH2]C1OC(CC)(CC)OC1c1c(Cl)cccc1Cl. The van der Waals surface area contributed by atoms with E-state index in [4.69, 9.17) is 32.7 Å². The normalized spacial score (nSPS) is 26.5. The van der Waals surface area contributed by atoms with Crippen LogP contribution in [-0.2, 0) is 9.47 Å². The Hall–Kier alpha value is -0.280. The van der Waals surface area contributed by atoms with Crippen LogP contribution in [-0.4, -0.2) is 11.9 Å². The van der Waals surface area contributed by atoms with Gasteiger partial charge in [0, 0.05) is 15.6 Å². The van der Waals surface area contributed by atoms with E-state index in [9.17, 15) is 0 Å². The Morgan fingerprint density at radius 3 is 2.17 bits per heavy atom. The Labute approximate surface area is 118 Å². The maximum absolute atomic E-state index is 6.21. The van der Waals surface area contributed by atoms with E-state index in [1.807, 2.05) is 19.9 Å². The van der Waals surface area contributed by atoms with Gasteiger partial charge in [0.2, 0.25) is 0 Å². The second-order valence-electron chi connectivity index (χ2n) is 4.45. The molecule has 1 aliphatic heterocycles. The summed E-state index contributed by atoms with van der Waals surface area (Å²) in [6.45, 7) is 8.07. The first-order valence-corrected chi connectivity index (χ1v) is 6.91. The van der Waals surface area contributed by atoms with Crippen LogP contribution in [0.2, 0.25) is 10.0 Å². The molecule has 4 heteroatoms. The minimum atomic E-state index is -0.570. The van der Waals surface area contributed by atoms with Crippen LogP contribution in [0.1, 0.15) is 38.4 Å². The molecule has 0 saturated carbocycles. The highest BCUT2D eigenvalue weighted by atomic mass is 35.5. The van der Waals surface area contributed by atoms with Crippen molar-refractivity contribution in [3.63, 3.8) is 0 Å². The zero-order valence-corrected chi connectivity index (χ0v) is 12.1. The summed E-state index contributed by atoms with van der Waals surface area (Å²) in [6.07, 6.45) is 0.927. The van der Waals surface area contributed by atoms with Crippen molar-refractivity contribution in [3.05, 3.63) is 40.7 Å². The zero-order chi connectivity index (χ0) is 13.3. The zero-order valence-electron chi connectivity index (χ0n) is 10.6. The lowest BCUT2D eigenvalue weighted by molar-refractivity contribution is -0.177. The average molecular weight is 288 g/mol. The fourth-order valence-electron chi connectivity index (χ4n) is 2.28. The molecule has 0 amide bonds. The average Bonchev–Trinajstić information content (AvgIpc) is 2.68. The molecule has 18 heavy (non-hydrogen) atoms. The Bertz CT molecular complexity index is 410. The molecule has 1 fully saturated rings. The summed E-state index contributed by atoms with van der Waals surface area (Å²) in [5.41, 5.74) is 0.768. The Balaban J connectivity index is 2.35. The van der Waals surface area contributed by atoms with Crippen molar-refractivity contribution in [2.75, 3.05) is 0 Å². The highest BCUT2D eigenvalue weighted by Crippen LogP contribution is 2.45. The van der Waals surface area contributed by atoms with Crippen molar-refractivity contribution in [2.45, 2.75) is 44.7 Å². The summed E-state index contributed by atoms with van der Waals surface area (Å²) < 4.78 is 11.9. The third-order valence-electron chi connectivity index (χ3n) is 3.41. The first-order chi connectivity index (χ1) is 8.53. The first kappa shape index (κ1) is 14.1. The molecule has 1 radical (unpaired) electrons. The van der Waals surface area contributed by atoms with E-state index in [1.165, 1.54) is 0 Å². The molecule has 2 rings (SSSR count). The van der Waals surface area contributed by atoms with Gasteiger partial charge in [-0.3, -0.25) is 0 Å². The van der Waals surface area contributed by atoms with Crippen molar-refractivity contribution in [1.29, 1.82) is 0 Å². The fourth-order valence-corrected chi connectivity index (χ4v) is 2.90. The van der Waals surface area contributed by atoms with Crippen LogP contribution in [0.5, 0.6) is 0 Å². The summed E-state index contributed by atoms with van der Waals surface area (Å²) in [4.78, 5) is 0. The summed E-state index contributed by atoms with van der Waals surface area (Å²) in [6, 6.07) is 5.42. The van der Waals surface area contributed by atoms with E-state index in [0.717, 1.165) is 18.4 Å². The van der Waals surface area contributed by atoms with Gasteiger partial charge in [0.15, 0.2) is 5.79 Å². The van der Waals surface area contributed by atoms with Crippen LogP contribution in [0.4, 0.5) is 0 Å². The van der Waals surface area contributed by atoms with Crippen molar-refractivity contribution in [2.24, 2.45) is 0 Å². The standard InChI is InChI=1S/C14H17Cl2O2/c1-4-14(5-2)17-9(3)13(18-14)12-10(15)7-6-8-11(12)16/h6-9,13H,3-5H2,1-2H3. The van der Waals surface area contributed by atoms with E-state index in [1.54, 1.807) is 12.1 Å². The number of hydrogen-bond donors (Lipinski definition) is 0. The van der Waals surface area contributed by atoms with E-state index < -0.39 is 5.79 Å². The number of hydrogen-bond acceptors (Lipinski definition) is 2. The van der Waals surface area contributed by atoms with Gasteiger partial charge in [0.05, 0.1) is 6.10 Å². The van der Waals surface area contributed by atoms with Crippen molar-refractivity contribution >= 4 is 23.2 Å². The third-order valence-corrected chi connectivity index (χ3v) is 4.07. The van der Waals surface area contributed by atoms with Crippen LogP contribution in [0.25, 0.3) is 0 Å². The van der Waals surface area contributed by atoms with Gasteiger partial charge in [-0.05, 0) is 31.9 Å². The quantitative estimate of drug-likeness (QED) is 0.795. The van der Waals surface area contributed by atoms with Crippen LogP contribution in [0, 0.1) is 6.92 Å². The topological polar surface area (TPSA) is 18.5 Å². The molecule has 2 unspecified atom stereocenters. The van der Waals surface area contributed by atoms with E-state index in [0.29, 0.717) is 10.0 Å². The Morgan fingerprint density at radius 1 is 1.17 bits per heavy atom. The third kappa shape index (κ3) is 2.39. The predicted octanol–water partition coefficient (Wildman–Crippen LogP) is 4.80. The van der Waals surface area contributed by atoms with E-state index >= 15 is 0 Å². The summed E-state index contributed by atoms with van der Waals surface area (Å²) in [5.74, 6) is -0.570. The predicted molar refractivity (Wildman–Crippen MR) is 73.8 cm³/mol. The minimum absolute atomic E-state index is 0.303. The Kier molecular flexibility index (Phi) is 4.22. The maximum atomic E-state index is 6.21. The summed E-state index contributed by atoms with van der Waals surface area (Å²) in [7, 11) is 0. The van der Waals surface area contributed by atoms with E-state index in [2.05, 4.69) is 6.92 Å². The molecule has 1 aliphatic rings. The molecule has 2 nitrogen and oxygen atoms in total. The highest BCUT2D eigenvalue weighted by molar-refractivity contribution is 6.36. The van der Waals surface area contributed by atoms with E-state index in [-0.39, 0.29) is 12.2 Å². The lowest BCUT2D eigenvalue weighted by Gasteiger charge is -2.25. The van der Waals surface area contributed by atoms with Gasteiger partial charge in [-0.15, -0.1) is 0 Å². The molecule has 0 spiro atoms. The summed E-state index contributed by atoms with van der Waals surface area (Å²) >= 11 is 12.4. The molecule has 1 aromatic carbocycles. The van der Waals surface area contributed by atoms with Crippen LogP contribution >= 0.6 is 23.2 Å². The van der Waals surface area contributed by atoms with Gasteiger partial charge in [-0.1, -0.05) is 43.1 Å². The van der Waals surface area contributed by atoms with Crippen molar-refractivity contribution in [3.8, 4) is 0 Å². The van der Waals surface area contributed by atoms with Gasteiger partial charge in [0.25, 0.3) is 0 Å². The lowest BCUT2D eigenvalue weighted by atomic mass is 10.1. The molecule has 2 atom stereocenters. The molecule has 0 bridgehead atoms. The second kappa shape index (κ2) is 5.38. The number of halogens is 2. The monoisotopic (exact) mass is 287 g/mol. The van der Waals surface area contributed by atoms with Crippen LogP contribution in [0.15, 0.2) is 18.2 Å². The number of ether oxygens (including phenoxy) is 2. The molecule has 0 aromatic heterocycles. The van der Waals surface area contributed by atoms with Gasteiger partial charge < -0.3 is 9.47 Å². The van der Waals surface area contributed by atoms with Crippen LogP contribution < -0.4 is 0 Å². The largest absolute Gasteiger partial charge is 0.344 e. The molecule has 1 aromatic rings. The number of benzene rings is 1. The molecule has 0 aliphatic carbocycles. The van der Waals surface area contributed by atoms with Crippen molar-refractivity contribution < 1.29 is 9.47 Å². The van der Waals surface area contributed by atoms with Gasteiger partial charge in [-0.25, -0.2) is 0 Å². The minimum Gasteiger partial charge on any atom is -0.344 e. The maximum Gasteiger partial charge on any atom is 0.169 e. The lowest BCUT2D eigenvalue weighted by Crippen LogP contribution is -2.28. The smallest absolute Gasteiger partial charge is 0.169 e. The number of rotatable bonds is 3. The molecular weight excluding hydrogens is 271 g/mol. The molecule has 1 heterocycles.